The van der Waals surface area contributed by atoms with E-state index in [-0.39, 0.29) is 5.91 Å². The summed E-state index contributed by atoms with van der Waals surface area (Å²) in [7, 11) is 6.16. The number of aromatic nitrogens is 1. The molecule has 1 amide bonds. The summed E-state index contributed by atoms with van der Waals surface area (Å²) in [5.41, 5.74) is 10.0. The van der Waals surface area contributed by atoms with Gasteiger partial charge in [-0.25, -0.2) is 0 Å². The lowest BCUT2D eigenvalue weighted by Gasteiger charge is -2.16. The smallest absolute Gasteiger partial charge is 0.245 e. The molecule has 0 aliphatic carbocycles. The van der Waals surface area contributed by atoms with E-state index in [0.29, 0.717) is 51.1 Å². The van der Waals surface area contributed by atoms with Crippen LogP contribution in [-0.2, 0) is 4.79 Å². The maximum Gasteiger partial charge on any atom is 0.245 e. The summed E-state index contributed by atoms with van der Waals surface area (Å²) < 4.78 is 27.2. The molecule has 9 nitrogen and oxygen atoms in total. The lowest BCUT2D eigenvalue weighted by atomic mass is 10.00. The predicted octanol–water partition coefficient (Wildman–Crippen LogP) is 4.68. The standard InChI is InChI=1S/C27H27N3O6/c1-32-21-11-10-17(12-20(21)29-27(31)24(28)16-8-6-5-7-9-16)19-15-36-30-25(19)18-13-22(33-2)26(35-4)23(14-18)34-3/h5-15,24H,28H2,1-4H3,(H,29,31). The molecule has 0 aliphatic heterocycles. The summed E-state index contributed by atoms with van der Waals surface area (Å²) in [6, 6.07) is 17.3. The normalized spacial score (nSPS) is 11.5. The Bertz CT molecular complexity index is 1330. The Morgan fingerprint density at radius 3 is 2.14 bits per heavy atom. The van der Waals surface area contributed by atoms with Crippen molar-refractivity contribution >= 4 is 11.6 Å². The van der Waals surface area contributed by atoms with Gasteiger partial charge in [0.15, 0.2) is 11.5 Å². The molecule has 1 unspecified atom stereocenters. The van der Waals surface area contributed by atoms with Crippen LogP contribution in [-0.4, -0.2) is 39.5 Å². The Labute approximate surface area is 208 Å². The molecule has 0 fully saturated rings. The minimum absolute atomic E-state index is 0.369. The summed E-state index contributed by atoms with van der Waals surface area (Å²) >= 11 is 0. The van der Waals surface area contributed by atoms with Gasteiger partial charge < -0.3 is 34.5 Å². The minimum Gasteiger partial charge on any atom is -0.495 e. The zero-order chi connectivity index (χ0) is 25.7. The average Bonchev–Trinajstić information content (AvgIpc) is 3.42. The van der Waals surface area contributed by atoms with Gasteiger partial charge in [0.05, 0.1) is 34.1 Å². The van der Waals surface area contributed by atoms with Crippen molar-refractivity contribution in [3.05, 3.63) is 72.5 Å². The number of hydrogen-bond donors (Lipinski definition) is 2. The van der Waals surface area contributed by atoms with E-state index in [4.69, 9.17) is 29.2 Å². The predicted molar refractivity (Wildman–Crippen MR) is 136 cm³/mol. The van der Waals surface area contributed by atoms with Crippen LogP contribution in [0, 0.1) is 0 Å². The van der Waals surface area contributed by atoms with E-state index < -0.39 is 6.04 Å². The third kappa shape index (κ3) is 4.82. The van der Waals surface area contributed by atoms with Crippen molar-refractivity contribution in [3.63, 3.8) is 0 Å². The zero-order valence-electron chi connectivity index (χ0n) is 20.4. The molecule has 36 heavy (non-hydrogen) atoms. The third-order valence-electron chi connectivity index (χ3n) is 5.72. The van der Waals surface area contributed by atoms with E-state index in [9.17, 15) is 4.79 Å². The van der Waals surface area contributed by atoms with Crippen LogP contribution in [0.15, 0.2) is 71.4 Å². The van der Waals surface area contributed by atoms with Crippen LogP contribution in [0.5, 0.6) is 23.0 Å². The molecule has 0 aliphatic rings. The highest BCUT2D eigenvalue weighted by Crippen LogP contribution is 2.43. The van der Waals surface area contributed by atoms with Gasteiger partial charge in [0.1, 0.15) is 23.7 Å². The molecular formula is C27H27N3O6. The number of carbonyl (C=O) groups excluding carboxylic acids is 1. The Morgan fingerprint density at radius 1 is 0.861 bits per heavy atom. The highest BCUT2D eigenvalue weighted by Gasteiger charge is 2.21. The van der Waals surface area contributed by atoms with Crippen molar-refractivity contribution in [1.82, 2.24) is 5.16 Å². The maximum absolute atomic E-state index is 12.9. The van der Waals surface area contributed by atoms with Crippen LogP contribution in [0.25, 0.3) is 22.4 Å². The number of hydrogen-bond acceptors (Lipinski definition) is 8. The molecular weight excluding hydrogens is 462 g/mol. The molecule has 0 saturated heterocycles. The summed E-state index contributed by atoms with van der Waals surface area (Å²) in [6.45, 7) is 0. The topological polar surface area (TPSA) is 118 Å². The van der Waals surface area contributed by atoms with Crippen LogP contribution < -0.4 is 30.0 Å². The molecule has 0 radical (unpaired) electrons. The van der Waals surface area contributed by atoms with E-state index in [0.717, 1.165) is 5.56 Å². The quantitative estimate of drug-likeness (QED) is 0.348. The first-order valence-corrected chi connectivity index (χ1v) is 11.0. The molecule has 4 rings (SSSR count). The summed E-state index contributed by atoms with van der Waals surface area (Å²) in [5.74, 6) is 1.56. The van der Waals surface area contributed by atoms with Crippen molar-refractivity contribution in [2.75, 3.05) is 33.8 Å². The molecule has 0 bridgehead atoms. The van der Waals surface area contributed by atoms with Gasteiger partial charge in [0, 0.05) is 11.1 Å². The molecule has 0 saturated carbocycles. The van der Waals surface area contributed by atoms with Crippen LogP contribution in [0.3, 0.4) is 0 Å². The largest absolute Gasteiger partial charge is 0.495 e. The highest BCUT2D eigenvalue weighted by atomic mass is 16.5. The second-order valence-corrected chi connectivity index (χ2v) is 7.78. The number of benzene rings is 3. The monoisotopic (exact) mass is 489 g/mol. The third-order valence-corrected chi connectivity index (χ3v) is 5.72. The Kier molecular flexibility index (Phi) is 7.41. The first-order chi connectivity index (χ1) is 17.5. The lowest BCUT2D eigenvalue weighted by molar-refractivity contribution is -0.117. The summed E-state index contributed by atoms with van der Waals surface area (Å²) in [6.07, 6.45) is 1.53. The highest BCUT2D eigenvalue weighted by molar-refractivity contribution is 5.97. The lowest BCUT2D eigenvalue weighted by Crippen LogP contribution is -2.27. The fourth-order valence-electron chi connectivity index (χ4n) is 3.86. The second-order valence-electron chi connectivity index (χ2n) is 7.78. The molecule has 1 atom stereocenters. The molecule has 4 aromatic rings. The first-order valence-electron chi connectivity index (χ1n) is 11.0. The number of nitrogens with two attached hydrogens (primary N) is 1. The Morgan fingerprint density at radius 2 is 1.53 bits per heavy atom. The van der Waals surface area contributed by atoms with Crippen molar-refractivity contribution in [1.29, 1.82) is 0 Å². The molecule has 9 heteroatoms. The van der Waals surface area contributed by atoms with E-state index >= 15 is 0 Å². The molecule has 3 N–H and O–H groups in total. The van der Waals surface area contributed by atoms with E-state index in [1.54, 1.807) is 57.7 Å². The van der Waals surface area contributed by atoms with Crippen LogP contribution in [0.4, 0.5) is 5.69 Å². The number of anilines is 1. The van der Waals surface area contributed by atoms with Gasteiger partial charge in [0.25, 0.3) is 0 Å². The van der Waals surface area contributed by atoms with Crippen molar-refractivity contribution in [2.24, 2.45) is 5.73 Å². The number of nitrogens with zero attached hydrogens (tertiary/aromatic N) is 1. The Hall–Kier alpha value is -4.50. The average molecular weight is 490 g/mol. The number of rotatable bonds is 9. The van der Waals surface area contributed by atoms with Gasteiger partial charge in [-0.2, -0.15) is 0 Å². The van der Waals surface area contributed by atoms with E-state index in [2.05, 4.69) is 10.5 Å². The van der Waals surface area contributed by atoms with Crippen LogP contribution >= 0.6 is 0 Å². The maximum atomic E-state index is 12.9. The van der Waals surface area contributed by atoms with E-state index in [1.807, 2.05) is 24.3 Å². The first kappa shape index (κ1) is 24.6. The van der Waals surface area contributed by atoms with Crippen molar-refractivity contribution in [3.8, 4) is 45.4 Å². The van der Waals surface area contributed by atoms with Crippen molar-refractivity contribution < 1.29 is 28.3 Å². The van der Waals surface area contributed by atoms with Gasteiger partial charge in [0.2, 0.25) is 11.7 Å². The fourth-order valence-corrected chi connectivity index (χ4v) is 3.86. The number of methoxy groups -OCH3 is 4. The minimum atomic E-state index is -0.843. The summed E-state index contributed by atoms with van der Waals surface area (Å²) in [4.78, 5) is 12.9. The Balaban J connectivity index is 1.71. The SMILES string of the molecule is COc1ccc(-c2conc2-c2cc(OC)c(OC)c(OC)c2)cc1NC(=O)C(N)c1ccccc1. The van der Waals surface area contributed by atoms with Gasteiger partial charge in [-0.3, -0.25) is 4.79 Å². The van der Waals surface area contributed by atoms with Gasteiger partial charge in [-0.1, -0.05) is 41.6 Å². The zero-order valence-corrected chi connectivity index (χ0v) is 20.4. The molecule has 1 aromatic heterocycles. The molecule has 3 aromatic carbocycles. The molecule has 186 valence electrons. The summed E-state index contributed by atoms with van der Waals surface area (Å²) in [5, 5.41) is 7.08. The number of nitrogens with one attached hydrogen (secondary N) is 1. The number of carbonyl (C=O) groups is 1. The molecule has 0 spiro atoms. The second kappa shape index (κ2) is 10.8. The fraction of sp³-hybridized carbons (Fsp3) is 0.185. The van der Waals surface area contributed by atoms with Gasteiger partial charge in [-0.05, 0) is 35.4 Å². The van der Waals surface area contributed by atoms with Crippen LogP contribution in [0.2, 0.25) is 0 Å². The van der Waals surface area contributed by atoms with Gasteiger partial charge >= 0.3 is 0 Å². The number of amides is 1. The van der Waals surface area contributed by atoms with E-state index in [1.165, 1.54) is 13.4 Å². The van der Waals surface area contributed by atoms with Crippen LogP contribution in [0.1, 0.15) is 11.6 Å². The number of ether oxygens (including phenoxy) is 4. The molecule has 1 heterocycles. The van der Waals surface area contributed by atoms with Gasteiger partial charge in [-0.15, -0.1) is 0 Å². The van der Waals surface area contributed by atoms with Crippen molar-refractivity contribution in [2.45, 2.75) is 6.04 Å².